The largest absolute Gasteiger partial charge is 0.378 e. The van der Waals surface area contributed by atoms with Crippen LogP contribution in [0.4, 0.5) is 0 Å². The molecule has 0 bridgehead atoms. The lowest BCUT2D eigenvalue weighted by atomic mass is 9.89. The summed E-state index contributed by atoms with van der Waals surface area (Å²) in [6, 6.07) is 0.318. The molecule has 5 nitrogen and oxygen atoms in total. The Hall–Kier alpha value is -0.940. The molecule has 3 rings (SSSR count). The highest BCUT2D eigenvalue weighted by Crippen LogP contribution is 2.30. The van der Waals surface area contributed by atoms with Crippen LogP contribution in [0.25, 0.3) is 0 Å². The minimum atomic E-state index is 0.318. The van der Waals surface area contributed by atoms with Crippen LogP contribution in [-0.4, -0.2) is 35.9 Å². The van der Waals surface area contributed by atoms with Gasteiger partial charge in [-0.2, -0.15) is 4.98 Å². The Morgan fingerprint density at radius 2 is 2.11 bits per heavy atom. The fourth-order valence-electron chi connectivity index (χ4n) is 2.84. The molecule has 2 heterocycles. The lowest BCUT2D eigenvalue weighted by Gasteiger charge is -2.22. The summed E-state index contributed by atoms with van der Waals surface area (Å²) >= 11 is 0. The SMILES string of the molecule is C1CCC(c2noc(CC3COCCN3)n2)CC1. The second-order valence-electron chi connectivity index (χ2n) is 5.31. The molecule has 2 fully saturated rings. The Labute approximate surface area is 107 Å². The van der Waals surface area contributed by atoms with Gasteiger partial charge < -0.3 is 14.6 Å². The third-order valence-corrected chi connectivity index (χ3v) is 3.87. The van der Waals surface area contributed by atoms with E-state index in [2.05, 4.69) is 15.5 Å². The maximum Gasteiger partial charge on any atom is 0.228 e. The Morgan fingerprint density at radius 3 is 2.89 bits per heavy atom. The summed E-state index contributed by atoms with van der Waals surface area (Å²) in [4.78, 5) is 4.55. The van der Waals surface area contributed by atoms with Gasteiger partial charge in [-0.05, 0) is 12.8 Å². The predicted molar refractivity (Wildman–Crippen MR) is 66.4 cm³/mol. The van der Waals surface area contributed by atoms with E-state index in [0.717, 1.165) is 37.9 Å². The van der Waals surface area contributed by atoms with Crippen molar-refractivity contribution in [2.24, 2.45) is 0 Å². The van der Waals surface area contributed by atoms with Crippen molar-refractivity contribution in [3.05, 3.63) is 11.7 Å². The van der Waals surface area contributed by atoms with Gasteiger partial charge in [0.15, 0.2) is 5.82 Å². The molecule has 1 saturated carbocycles. The molecule has 1 aliphatic heterocycles. The first-order valence-electron chi connectivity index (χ1n) is 7.05. The summed E-state index contributed by atoms with van der Waals surface area (Å²) in [5, 5.41) is 7.55. The highest BCUT2D eigenvalue weighted by atomic mass is 16.5. The number of nitrogens with one attached hydrogen (secondary N) is 1. The molecule has 100 valence electrons. The summed E-state index contributed by atoms with van der Waals surface area (Å²) in [5.41, 5.74) is 0. The fraction of sp³-hybridized carbons (Fsp3) is 0.846. The van der Waals surface area contributed by atoms with Crippen molar-refractivity contribution in [1.29, 1.82) is 0 Å². The molecule has 1 unspecified atom stereocenters. The lowest BCUT2D eigenvalue weighted by molar-refractivity contribution is 0.0744. The maximum absolute atomic E-state index is 5.43. The summed E-state index contributed by atoms with van der Waals surface area (Å²) < 4.78 is 10.8. The van der Waals surface area contributed by atoms with Crippen molar-refractivity contribution in [2.45, 2.75) is 50.5 Å². The van der Waals surface area contributed by atoms with Gasteiger partial charge in [0, 0.05) is 24.9 Å². The molecule has 1 saturated heterocycles. The molecular weight excluding hydrogens is 230 g/mol. The van der Waals surface area contributed by atoms with E-state index in [4.69, 9.17) is 9.26 Å². The van der Waals surface area contributed by atoms with Crippen LogP contribution in [0.1, 0.15) is 49.7 Å². The minimum absolute atomic E-state index is 0.318. The molecule has 1 N–H and O–H groups in total. The van der Waals surface area contributed by atoms with Crippen molar-refractivity contribution < 1.29 is 9.26 Å². The monoisotopic (exact) mass is 251 g/mol. The number of nitrogens with zero attached hydrogens (tertiary/aromatic N) is 2. The zero-order chi connectivity index (χ0) is 12.2. The second kappa shape index (κ2) is 5.80. The van der Waals surface area contributed by atoms with Gasteiger partial charge in [0.1, 0.15) is 0 Å². The molecule has 0 amide bonds. The van der Waals surface area contributed by atoms with Crippen molar-refractivity contribution >= 4 is 0 Å². The summed E-state index contributed by atoms with van der Waals surface area (Å²) in [6.07, 6.45) is 7.15. The van der Waals surface area contributed by atoms with E-state index in [-0.39, 0.29) is 0 Å². The molecule has 1 aromatic heterocycles. The van der Waals surface area contributed by atoms with E-state index in [1.54, 1.807) is 0 Å². The average molecular weight is 251 g/mol. The first kappa shape index (κ1) is 12.1. The number of hydrogen-bond donors (Lipinski definition) is 1. The standard InChI is InChI=1S/C13H21N3O2/c1-2-4-10(5-3-1)13-15-12(18-16-13)8-11-9-17-7-6-14-11/h10-11,14H,1-9H2. The number of aromatic nitrogens is 2. The summed E-state index contributed by atoms with van der Waals surface area (Å²) in [6.45, 7) is 2.45. The molecule has 1 atom stereocenters. The number of morpholine rings is 1. The van der Waals surface area contributed by atoms with Crippen molar-refractivity contribution in [3.8, 4) is 0 Å². The third kappa shape index (κ3) is 2.90. The van der Waals surface area contributed by atoms with Gasteiger partial charge >= 0.3 is 0 Å². The zero-order valence-corrected chi connectivity index (χ0v) is 10.7. The van der Waals surface area contributed by atoms with Crippen LogP contribution in [0.3, 0.4) is 0 Å². The Morgan fingerprint density at radius 1 is 1.22 bits per heavy atom. The van der Waals surface area contributed by atoms with Crippen LogP contribution in [0, 0.1) is 0 Å². The third-order valence-electron chi connectivity index (χ3n) is 3.87. The van der Waals surface area contributed by atoms with Gasteiger partial charge in [-0.15, -0.1) is 0 Å². The van der Waals surface area contributed by atoms with Crippen LogP contribution in [-0.2, 0) is 11.2 Å². The van der Waals surface area contributed by atoms with Crippen molar-refractivity contribution in [2.75, 3.05) is 19.8 Å². The second-order valence-corrected chi connectivity index (χ2v) is 5.31. The van der Waals surface area contributed by atoms with Crippen LogP contribution in [0.5, 0.6) is 0 Å². The highest BCUT2D eigenvalue weighted by molar-refractivity contribution is 4.98. The van der Waals surface area contributed by atoms with Gasteiger partial charge in [-0.3, -0.25) is 0 Å². The quantitative estimate of drug-likeness (QED) is 0.885. The van der Waals surface area contributed by atoms with Gasteiger partial charge in [-0.25, -0.2) is 0 Å². The van der Waals surface area contributed by atoms with E-state index in [1.807, 2.05) is 0 Å². The highest BCUT2D eigenvalue weighted by Gasteiger charge is 2.22. The van der Waals surface area contributed by atoms with Crippen molar-refractivity contribution in [3.63, 3.8) is 0 Å². The smallest absolute Gasteiger partial charge is 0.228 e. The van der Waals surface area contributed by atoms with Gasteiger partial charge in [-0.1, -0.05) is 24.4 Å². The van der Waals surface area contributed by atoms with Crippen LogP contribution < -0.4 is 5.32 Å². The summed E-state index contributed by atoms with van der Waals surface area (Å²) in [5.74, 6) is 2.19. The zero-order valence-electron chi connectivity index (χ0n) is 10.7. The number of hydrogen-bond acceptors (Lipinski definition) is 5. The number of rotatable bonds is 3. The van der Waals surface area contributed by atoms with Gasteiger partial charge in [0.2, 0.25) is 5.89 Å². The Kier molecular flexibility index (Phi) is 3.90. The molecule has 1 aromatic rings. The fourth-order valence-corrected chi connectivity index (χ4v) is 2.84. The van der Waals surface area contributed by atoms with Crippen LogP contribution >= 0.6 is 0 Å². The first-order valence-corrected chi connectivity index (χ1v) is 7.05. The minimum Gasteiger partial charge on any atom is -0.378 e. The molecular formula is C13H21N3O2. The van der Waals surface area contributed by atoms with Crippen LogP contribution in [0.2, 0.25) is 0 Å². The average Bonchev–Trinajstić information content (AvgIpc) is 2.89. The molecule has 0 spiro atoms. The molecule has 1 aliphatic carbocycles. The molecule has 0 aromatic carbocycles. The van der Waals surface area contributed by atoms with E-state index < -0.39 is 0 Å². The van der Waals surface area contributed by atoms with E-state index in [0.29, 0.717) is 12.0 Å². The van der Waals surface area contributed by atoms with E-state index in [1.165, 1.54) is 32.1 Å². The maximum atomic E-state index is 5.43. The molecule has 18 heavy (non-hydrogen) atoms. The van der Waals surface area contributed by atoms with Crippen molar-refractivity contribution in [1.82, 2.24) is 15.5 Å². The van der Waals surface area contributed by atoms with Crippen LogP contribution in [0.15, 0.2) is 4.52 Å². The van der Waals surface area contributed by atoms with Gasteiger partial charge in [0.25, 0.3) is 0 Å². The molecule has 2 aliphatic rings. The predicted octanol–water partition coefficient (Wildman–Crippen LogP) is 1.65. The Balaban J connectivity index is 1.58. The molecule has 0 radical (unpaired) electrons. The Bertz CT molecular complexity index is 368. The normalized spacial score (nSPS) is 26.3. The molecule has 5 heteroatoms. The first-order chi connectivity index (χ1) is 8.92. The van der Waals surface area contributed by atoms with E-state index >= 15 is 0 Å². The number of ether oxygens (including phenoxy) is 1. The van der Waals surface area contributed by atoms with E-state index in [9.17, 15) is 0 Å². The lowest BCUT2D eigenvalue weighted by Crippen LogP contribution is -2.42. The van der Waals surface area contributed by atoms with Gasteiger partial charge in [0.05, 0.1) is 13.2 Å². The topological polar surface area (TPSA) is 60.2 Å². The summed E-state index contributed by atoms with van der Waals surface area (Å²) in [7, 11) is 0.